The molecular weight excluding hydrogens is 304 g/mol. The van der Waals surface area contributed by atoms with Crippen LogP contribution >= 0.6 is 11.3 Å². The summed E-state index contributed by atoms with van der Waals surface area (Å²) in [5, 5.41) is 9.93. The summed E-state index contributed by atoms with van der Waals surface area (Å²) in [6.45, 7) is 6.04. The number of aromatic nitrogens is 4. The lowest BCUT2D eigenvalue weighted by atomic mass is 10.1. The monoisotopic (exact) mass is 324 g/mol. The Kier molecular flexibility index (Phi) is 5.95. The molecule has 0 saturated carbocycles. The highest BCUT2D eigenvalue weighted by atomic mass is 32.1. The molecule has 0 spiro atoms. The molecule has 3 aromatic heterocycles. The van der Waals surface area contributed by atoms with Crippen molar-refractivity contribution in [2.45, 2.75) is 27.2 Å². The summed E-state index contributed by atoms with van der Waals surface area (Å²) < 4.78 is 0. The van der Waals surface area contributed by atoms with E-state index in [4.69, 9.17) is 6.42 Å². The number of H-pyrrole nitrogens is 2. The van der Waals surface area contributed by atoms with Crippen molar-refractivity contribution < 1.29 is 0 Å². The lowest BCUT2D eigenvalue weighted by molar-refractivity contribution is 1.09. The summed E-state index contributed by atoms with van der Waals surface area (Å²) in [5.41, 5.74) is 5.44. The molecule has 0 aromatic carbocycles. The first-order valence-corrected chi connectivity index (χ1v) is 8.29. The Morgan fingerprint density at radius 2 is 2.22 bits per heavy atom. The van der Waals surface area contributed by atoms with E-state index in [2.05, 4.69) is 44.5 Å². The second kappa shape index (κ2) is 8.16. The van der Waals surface area contributed by atoms with Crippen molar-refractivity contribution in [3.63, 3.8) is 0 Å². The Hall–Kier alpha value is -2.58. The fraction of sp³-hybridized carbons (Fsp3) is 0.222. The smallest absolute Gasteiger partial charge is 0.141 e. The van der Waals surface area contributed by atoms with Crippen LogP contribution in [0.25, 0.3) is 28.0 Å². The van der Waals surface area contributed by atoms with Crippen LogP contribution in [0.2, 0.25) is 0 Å². The van der Waals surface area contributed by atoms with E-state index in [9.17, 15) is 0 Å². The zero-order valence-electron chi connectivity index (χ0n) is 13.6. The molecule has 0 radical (unpaired) electrons. The Morgan fingerprint density at radius 1 is 1.43 bits per heavy atom. The molecule has 3 rings (SSSR count). The molecule has 0 aliphatic carbocycles. The molecule has 0 aliphatic rings. The lowest BCUT2D eigenvalue weighted by Gasteiger charge is -1.96. The van der Waals surface area contributed by atoms with Crippen LogP contribution in [0.3, 0.4) is 0 Å². The van der Waals surface area contributed by atoms with Crippen LogP contribution in [-0.2, 0) is 0 Å². The number of terminal acetylenes is 1. The lowest BCUT2D eigenvalue weighted by Crippen LogP contribution is -1.81. The molecular formula is C18H20N4S. The van der Waals surface area contributed by atoms with Gasteiger partial charge in [-0.2, -0.15) is 5.10 Å². The van der Waals surface area contributed by atoms with E-state index < -0.39 is 0 Å². The number of nitrogens with zero attached hydrogens (tertiary/aromatic N) is 2. The van der Waals surface area contributed by atoms with Gasteiger partial charge in [-0.05, 0) is 19.9 Å². The summed E-state index contributed by atoms with van der Waals surface area (Å²) in [7, 11) is 0. The molecule has 118 valence electrons. The maximum absolute atomic E-state index is 4.78. The predicted octanol–water partition coefficient (Wildman–Crippen LogP) is 4.90. The third-order valence-corrected chi connectivity index (χ3v) is 4.05. The van der Waals surface area contributed by atoms with Gasteiger partial charge in [-0.15, -0.1) is 23.7 Å². The molecule has 0 aliphatic heterocycles. The maximum atomic E-state index is 4.78. The van der Waals surface area contributed by atoms with Crippen molar-refractivity contribution in [2.75, 3.05) is 0 Å². The normalized spacial score (nSPS) is 10.3. The molecule has 5 heteroatoms. The molecule has 0 bridgehead atoms. The summed E-state index contributed by atoms with van der Waals surface area (Å²) in [6, 6.07) is 1.93. The molecule has 4 nitrogen and oxygen atoms in total. The minimum Gasteiger partial charge on any atom is -0.364 e. The van der Waals surface area contributed by atoms with Crippen LogP contribution in [0.5, 0.6) is 0 Å². The Labute approximate surface area is 140 Å². The van der Waals surface area contributed by atoms with Crippen LogP contribution in [0.1, 0.15) is 31.5 Å². The van der Waals surface area contributed by atoms with Crippen LogP contribution in [0, 0.1) is 19.3 Å². The fourth-order valence-corrected chi connectivity index (χ4v) is 2.82. The quantitative estimate of drug-likeness (QED) is 0.673. The Bertz CT molecular complexity index is 801. The molecule has 0 amide bonds. The number of aromatic amines is 2. The predicted molar refractivity (Wildman–Crippen MR) is 98.1 cm³/mol. The molecule has 0 fully saturated rings. The van der Waals surface area contributed by atoms with Gasteiger partial charge in [0.2, 0.25) is 0 Å². The van der Waals surface area contributed by atoms with Crippen molar-refractivity contribution in [3.8, 4) is 34.3 Å². The van der Waals surface area contributed by atoms with Gasteiger partial charge in [-0.25, -0.2) is 4.98 Å². The average Bonchev–Trinajstić information content (AvgIpc) is 3.29. The van der Waals surface area contributed by atoms with E-state index in [0.29, 0.717) is 0 Å². The minimum absolute atomic E-state index is 0.847. The molecule has 0 atom stereocenters. The van der Waals surface area contributed by atoms with E-state index in [-0.39, 0.29) is 0 Å². The van der Waals surface area contributed by atoms with E-state index in [0.717, 1.165) is 34.1 Å². The molecule has 3 aromatic rings. The number of rotatable bonds is 3. The first-order valence-electron chi connectivity index (χ1n) is 7.41. The molecule has 23 heavy (non-hydrogen) atoms. The molecule has 2 N–H and O–H groups in total. The van der Waals surface area contributed by atoms with Gasteiger partial charge >= 0.3 is 0 Å². The van der Waals surface area contributed by atoms with Crippen LogP contribution in [0.15, 0.2) is 29.9 Å². The summed E-state index contributed by atoms with van der Waals surface area (Å²) >= 11 is 1.62. The number of hydrogen-bond donors (Lipinski definition) is 2. The van der Waals surface area contributed by atoms with Gasteiger partial charge in [0, 0.05) is 41.0 Å². The third kappa shape index (κ3) is 3.99. The largest absolute Gasteiger partial charge is 0.364 e. The zero-order chi connectivity index (χ0) is 16.7. The number of nitrogens with one attached hydrogen (secondary N) is 2. The van der Waals surface area contributed by atoms with Crippen LogP contribution < -0.4 is 0 Å². The van der Waals surface area contributed by atoms with Crippen molar-refractivity contribution >= 4 is 17.4 Å². The zero-order valence-corrected chi connectivity index (χ0v) is 14.4. The van der Waals surface area contributed by atoms with Crippen molar-refractivity contribution in [1.82, 2.24) is 20.2 Å². The van der Waals surface area contributed by atoms with Crippen molar-refractivity contribution in [2.24, 2.45) is 0 Å². The highest BCUT2D eigenvalue weighted by Crippen LogP contribution is 2.31. The highest BCUT2D eigenvalue weighted by molar-refractivity contribution is 7.13. The standard InChI is InChI=1S/C14H14N4S.C4H6/c1-3-4-10-9(2)15-7-11(10)13-8-19-14(17-13)12-5-6-16-18-12;1-3-4-2/h3-8,15H,1-2H3,(H,16,18);1H,4H2,2H3/b4-3-;. The second-order valence-corrected chi connectivity index (χ2v) is 5.67. The fourth-order valence-electron chi connectivity index (χ4n) is 2.03. The number of allylic oxidation sites excluding steroid dienone is 1. The molecule has 3 heterocycles. The van der Waals surface area contributed by atoms with Gasteiger partial charge in [0.05, 0.1) is 11.4 Å². The highest BCUT2D eigenvalue weighted by Gasteiger charge is 2.12. The topological polar surface area (TPSA) is 57.4 Å². The van der Waals surface area contributed by atoms with Crippen LogP contribution in [0.4, 0.5) is 0 Å². The molecule has 0 unspecified atom stereocenters. The van der Waals surface area contributed by atoms with Gasteiger partial charge in [-0.1, -0.05) is 19.1 Å². The van der Waals surface area contributed by atoms with Gasteiger partial charge in [0.15, 0.2) is 0 Å². The van der Waals surface area contributed by atoms with E-state index in [1.54, 1.807) is 17.5 Å². The van der Waals surface area contributed by atoms with Gasteiger partial charge < -0.3 is 4.98 Å². The van der Waals surface area contributed by atoms with E-state index >= 15 is 0 Å². The van der Waals surface area contributed by atoms with Crippen LogP contribution in [-0.4, -0.2) is 20.2 Å². The second-order valence-electron chi connectivity index (χ2n) is 4.81. The average molecular weight is 324 g/mol. The minimum atomic E-state index is 0.847. The van der Waals surface area contributed by atoms with E-state index in [1.165, 1.54) is 5.56 Å². The van der Waals surface area contributed by atoms with Gasteiger partial charge in [-0.3, -0.25) is 5.10 Å². The summed E-state index contributed by atoms with van der Waals surface area (Å²) in [4.78, 5) is 7.93. The van der Waals surface area contributed by atoms with Crippen molar-refractivity contribution in [3.05, 3.63) is 41.2 Å². The Morgan fingerprint density at radius 3 is 2.83 bits per heavy atom. The van der Waals surface area contributed by atoms with Gasteiger partial charge in [0.25, 0.3) is 0 Å². The summed E-state index contributed by atoms with van der Waals surface area (Å²) in [6.07, 6.45) is 13.5. The van der Waals surface area contributed by atoms with E-state index in [1.807, 2.05) is 32.2 Å². The van der Waals surface area contributed by atoms with Crippen molar-refractivity contribution in [1.29, 1.82) is 0 Å². The third-order valence-electron chi connectivity index (χ3n) is 3.18. The first-order chi connectivity index (χ1) is 11.2. The van der Waals surface area contributed by atoms with Gasteiger partial charge in [0.1, 0.15) is 5.01 Å². The molecule has 0 saturated heterocycles. The Balaban J connectivity index is 0.000000433. The number of hydrogen-bond acceptors (Lipinski definition) is 3. The maximum Gasteiger partial charge on any atom is 0.141 e. The first kappa shape index (κ1) is 16.8. The number of aryl methyl sites for hydroxylation is 1. The SMILES string of the molecule is C#CCC.C/C=C\c1c(-c2csc(-c3ccn[nH]3)n2)c[nH]c1C. The number of thiazole rings is 1. The summed E-state index contributed by atoms with van der Waals surface area (Å²) in [5.74, 6) is 2.43.